The molecule has 0 spiro atoms. The van der Waals surface area contributed by atoms with E-state index in [1.807, 2.05) is 53.3 Å². The summed E-state index contributed by atoms with van der Waals surface area (Å²) in [6.07, 6.45) is 6.16. The Balaban J connectivity index is 1.95. The van der Waals surface area contributed by atoms with E-state index in [2.05, 4.69) is 0 Å². The number of benzene rings is 2. The first-order valence-electron chi connectivity index (χ1n) is 9.20. The Morgan fingerprint density at radius 3 is 2.56 bits per heavy atom. The van der Waals surface area contributed by atoms with Crippen molar-refractivity contribution in [1.29, 1.82) is 0 Å². The number of fused-ring (bicyclic) bond motifs is 3. The first kappa shape index (κ1) is 18.0. The number of carboxylic acids is 1. The van der Waals surface area contributed by atoms with Crippen molar-refractivity contribution in [3.63, 3.8) is 0 Å². The predicted octanol–water partition coefficient (Wildman–Crippen LogP) is 4.92. The normalized spacial score (nSPS) is 14.7. The molecule has 0 saturated heterocycles. The molecule has 27 heavy (non-hydrogen) atoms. The van der Waals surface area contributed by atoms with Crippen LogP contribution in [0.1, 0.15) is 35.7 Å². The highest BCUT2D eigenvalue weighted by Gasteiger charge is 2.29. The van der Waals surface area contributed by atoms with Crippen molar-refractivity contribution in [3.05, 3.63) is 59.3 Å². The predicted molar refractivity (Wildman–Crippen MR) is 109 cm³/mol. The Morgan fingerprint density at radius 2 is 1.89 bits per heavy atom. The highest BCUT2D eigenvalue weighted by Crippen LogP contribution is 2.38. The van der Waals surface area contributed by atoms with Gasteiger partial charge in [0.1, 0.15) is 5.75 Å². The summed E-state index contributed by atoms with van der Waals surface area (Å²) in [7, 11) is 1.66. The van der Waals surface area contributed by atoms with Crippen LogP contribution < -0.4 is 4.74 Å². The molecule has 5 heteroatoms. The molecular formula is C22H23NO3S. The molecule has 1 atom stereocenters. The maximum Gasteiger partial charge on any atom is 0.331 e. The summed E-state index contributed by atoms with van der Waals surface area (Å²) in [5, 5.41) is 11.3. The van der Waals surface area contributed by atoms with Gasteiger partial charge in [-0.1, -0.05) is 12.1 Å². The standard InChI is InChI=1S/C22H23NO3S/c1-26-15-9-12-20-18(13-15)17-5-3-4-6-19(17)23(20)21(22(24)25)14-7-10-16(27-2)11-8-14/h7-13,21H,3-6H2,1-2H3,(H,24,25). The summed E-state index contributed by atoms with van der Waals surface area (Å²) in [5.41, 5.74) is 4.22. The summed E-state index contributed by atoms with van der Waals surface area (Å²) in [6.45, 7) is 0. The van der Waals surface area contributed by atoms with Gasteiger partial charge in [0.05, 0.1) is 7.11 Å². The number of aryl methyl sites for hydroxylation is 1. The summed E-state index contributed by atoms with van der Waals surface area (Å²) in [4.78, 5) is 13.5. The summed E-state index contributed by atoms with van der Waals surface area (Å²) >= 11 is 1.66. The number of rotatable bonds is 5. The molecule has 0 fully saturated rings. The van der Waals surface area contributed by atoms with E-state index < -0.39 is 12.0 Å². The van der Waals surface area contributed by atoms with Crippen LogP contribution in [-0.4, -0.2) is 29.0 Å². The summed E-state index contributed by atoms with van der Waals surface area (Å²) in [5.74, 6) is -0.0165. The van der Waals surface area contributed by atoms with Crippen molar-refractivity contribution in [2.24, 2.45) is 0 Å². The number of methoxy groups -OCH3 is 1. The minimum Gasteiger partial charge on any atom is -0.497 e. The number of thioether (sulfide) groups is 1. The van der Waals surface area contributed by atoms with E-state index >= 15 is 0 Å². The van der Waals surface area contributed by atoms with Gasteiger partial charge in [0.15, 0.2) is 6.04 Å². The minimum atomic E-state index is -0.826. The highest BCUT2D eigenvalue weighted by molar-refractivity contribution is 7.98. The lowest BCUT2D eigenvalue weighted by Crippen LogP contribution is -2.23. The Labute approximate surface area is 163 Å². The highest BCUT2D eigenvalue weighted by atomic mass is 32.2. The topological polar surface area (TPSA) is 51.5 Å². The molecule has 2 aromatic carbocycles. The summed E-state index contributed by atoms with van der Waals surface area (Å²) in [6, 6.07) is 13.1. The largest absolute Gasteiger partial charge is 0.497 e. The van der Waals surface area contributed by atoms with Gasteiger partial charge in [-0.15, -0.1) is 11.8 Å². The molecule has 0 bridgehead atoms. The SMILES string of the molecule is COc1ccc2c(c1)c1c(n2C(C(=O)O)c2ccc(SC)cc2)CCCC1. The molecule has 1 unspecified atom stereocenters. The molecule has 0 amide bonds. The second-order valence-electron chi connectivity index (χ2n) is 6.90. The molecule has 0 aliphatic heterocycles. The molecule has 1 aliphatic rings. The van der Waals surface area contributed by atoms with Gasteiger partial charge in [-0.2, -0.15) is 0 Å². The third kappa shape index (κ3) is 3.10. The van der Waals surface area contributed by atoms with Crippen molar-refractivity contribution in [3.8, 4) is 5.75 Å². The average Bonchev–Trinajstić information content (AvgIpc) is 3.02. The number of carbonyl (C=O) groups is 1. The second kappa shape index (κ2) is 7.31. The number of nitrogens with zero attached hydrogens (tertiary/aromatic N) is 1. The van der Waals surface area contributed by atoms with Crippen LogP contribution in [0.5, 0.6) is 5.75 Å². The zero-order chi connectivity index (χ0) is 19.0. The van der Waals surface area contributed by atoms with Crippen molar-refractivity contribution < 1.29 is 14.6 Å². The molecule has 1 aromatic heterocycles. The lowest BCUT2D eigenvalue weighted by molar-refractivity contribution is -0.139. The zero-order valence-electron chi connectivity index (χ0n) is 15.6. The van der Waals surface area contributed by atoms with Gasteiger partial charge in [-0.25, -0.2) is 4.79 Å². The Hall–Kier alpha value is -2.40. The number of aromatic nitrogens is 1. The van der Waals surface area contributed by atoms with Crippen LogP contribution in [0.4, 0.5) is 0 Å². The van der Waals surface area contributed by atoms with Gasteiger partial charge in [-0.05, 0) is 73.4 Å². The van der Waals surface area contributed by atoms with Crippen LogP contribution in [0.2, 0.25) is 0 Å². The Bertz CT molecular complexity index is 991. The number of aliphatic carboxylic acids is 1. The molecule has 4 nitrogen and oxygen atoms in total. The quantitative estimate of drug-likeness (QED) is 0.637. The fourth-order valence-corrected chi connectivity index (χ4v) is 4.58. The van der Waals surface area contributed by atoms with E-state index in [1.165, 1.54) is 5.56 Å². The van der Waals surface area contributed by atoms with Crippen LogP contribution >= 0.6 is 11.8 Å². The molecular weight excluding hydrogens is 358 g/mol. The van der Waals surface area contributed by atoms with E-state index in [0.717, 1.165) is 58.5 Å². The van der Waals surface area contributed by atoms with Gasteiger partial charge in [0.25, 0.3) is 0 Å². The van der Waals surface area contributed by atoms with Gasteiger partial charge in [-0.3, -0.25) is 0 Å². The Kier molecular flexibility index (Phi) is 4.87. The third-order valence-corrected chi connectivity index (χ3v) is 6.19. The first-order valence-corrected chi connectivity index (χ1v) is 10.4. The van der Waals surface area contributed by atoms with E-state index in [0.29, 0.717) is 0 Å². The average molecular weight is 381 g/mol. The van der Waals surface area contributed by atoms with E-state index in [1.54, 1.807) is 18.9 Å². The van der Waals surface area contributed by atoms with E-state index in [4.69, 9.17) is 4.74 Å². The van der Waals surface area contributed by atoms with E-state index in [-0.39, 0.29) is 0 Å². The number of carboxylic acid groups (broad SMARTS) is 1. The fraction of sp³-hybridized carbons (Fsp3) is 0.318. The van der Waals surface area contributed by atoms with Crippen molar-refractivity contribution in [2.75, 3.05) is 13.4 Å². The van der Waals surface area contributed by atoms with Gasteiger partial charge < -0.3 is 14.4 Å². The van der Waals surface area contributed by atoms with Crippen molar-refractivity contribution >= 4 is 28.6 Å². The van der Waals surface area contributed by atoms with Gasteiger partial charge in [0, 0.05) is 21.5 Å². The van der Waals surface area contributed by atoms with Gasteiger partial charge >= 0.3 is 5.97 Å². The molecule has 1 N–H and O–H groups in total. The molecule has 4 rings (SSSR count). The second-order valence-corrected chi connectivity index (χ2v) is 7.78. The maximum atomic E-state index is 12.4. The first-order chi connectivity index (χ1) is 13.1. The number of hydrogen-bond donors (Lipinski definition) is 1. The molecule has 1 heterocycles. The Morgan fingerprint density at radius 1 is 1.15 bits per heavy atom. The van der Waals surface area contributed by atoms with Crippen molar-refractivity contribution in [1.82, 2.24) is 4.57 Å². The molecule has 1 aliphatic carbocycles. The maximum absolute atomic E-state index is 12.4. The summed E-state index contributed by atoms with van der Waals surface area (Å²) < 4.78 is 7.45. The van der Waals surface area contributed by atoms with E-state index in [9.17, 15) is 9.90 Å². The fourth-order valence-electron chi connectivity index (χ4n) is 4.17. The monoisotopic (exact) mass is 381 g/mol. The van der Waals surface area contributed by atoms with Gasteiger partial charge in [0.2, 0.25) is 0 Å². The minimum absolute atomic E-state index is 0.723. The van der Waals surface area contributed by atoms with Crippen LogP contribution in [0.25, 0.3) is 10.9 Å². The molecule has 3 aromatic rings. The van der Waals surface area contributed by atoms with Crippen LogP contribution in [-0.2, 0) is 17.6 Å². The smallest absolute Gasteiger partial charge is 0.331 e. The van der Waals surface area contributed by atoms with Crippen molar-refractivity contribution in [2.45, 2.75) is 36.6 Å². The number of hydrogen-bond acceptors (Lipinski definition) is 3. The molecule has 0 saturated carbocycles. The molecule has 0 radical (unpaired) electrons. The van der Waals surface area contributed by atoms with Crippen LogP contribution in [0, 0.1) is 0 Å². The lowest BCUT2D eigenvalue weighted by atomic mass is 9.95. The molecule has 140 valence electrons. The lowest BCUT2D eigenvalue weighted by Gasteiger charge is -2.22. The van der Waals surface area contributed by atoms with Crippen LogP contribution in [0.3, 0.4) is 0 Å². The zero-order valence-corrected chi connectivity index (χ0v) is 16.4. The number of ether oxygens (including phenoxy) is 1. The third-order valence-electron chi connectivity index (χ3n) is 5.44. The van der Waals surface area contributed by atoms with Crippen LogP contribution in [0.15, 0.2) is 47.4 Å².